The first-order valence-electron chi connectivity index (χ1n) is 2.50. The van der Waals surface area contributed by atoms with Crippen molar-refractivity contribution in [3.05, 3.63) is 0 Å². The van der Waals surface area contributed by atoms with Gasteiger partial charge in [-0.1, -0.05) is 6.92 Å². The Morgan fingerprint density at radius 2 is 2.09 bits per heavy atom. The molecule has 2 N–H and O–H groups in total. The maximum atomic E-state index is 10.1. The van der Waals surface area contributed by atoms with Crippen LogP contribution < -0.4 is 29.6 Å². The molecule has 0 aliphatic heterocycles. The molecule has 7 heteroatoms. The van der Waals surface area contributed by atoms with Gasteiger partial charge in [-0.2, -0.15) is 0 Å². The van der Waals surface area contributed by atoms with E-state index in [1.54, 1.807) is 0 Å². The largest absolute Gasteiger partial charge is 1.00 e. The van der Waals surface area contributed by atoms with Gasteiger partial charge in [-0.05, 0) is 17.5 Å². The molecule has 0 radical (unpaired) electrons. The molecule has 0 saturated carbocycles. The average Bonchev–Trinajstić information content (AvgIpc) is 1.85. The summed E-state index contributed by atoms with van der Waals surface area (Å²) in [7, 11) is 0. The summed E-state index contributed by atoms with van der Waals surface area (Å²) in [6.45, 7) is 1.27. The van der Waals surface area contributed by atoms with E-state index in [9.17, 15) is 13.6 Å². The topological polar surface area (TPSA) is 97.7 Å². The fourth-order valence-electron chi connectivity index (χ4n) is 0.340. The second kappa shape index (κ2) is 5.23. The van der Waals surface area contributed by atoms with Crippen molar-refractivity contribution in [3.8, 4) is 0 Å². The quantitative estimate of drug-likeness (QED) is 0.349. The predicted molar refractivity (Wildman–Crippen MR) is 31.8 cm³/mol. The van der Waals surface area contributed by atoms with Gasteiger partial charge < -0.3 is 14.8 Å². The van der Waals surface area contributed by atoms with Gasteiger partial charge in [0.05, 0.1) is 0 Å². The third-order valence-corrected chi connectivity index (χ3v) is 2.10. The van der Waals surface area contributed by atoms with Gasteiger partial charge in [0.15, 0.2) is 0 Å². The van der Waals surface area contributed by atoms with E-state index >= 15 is 0 Å². The summed E-state index contributed by atoms with van der Waals surface area (Å²) in [4.78, 5) is 7.43. The number of carboxylic acids is 1. The summed E-state index contributed by atoms with van der Waals surface area (Å²) in [5.41, 5.74) is 0. The normalized spacial score (nSPS) is 17.7. The van der Waals surface area contributed by atoms with Crippen LogP contribution >= 0.6 is 0 Å². The summed E-state index contributed by atoms with van der Waals surface area (Å²) in [5, 5.41) is 16.9. The van der Waals surface area contributed by atoms with Crippen molar-refractivity contribution in [1.82, 2.24) is 0 Å². The van der Waals surface area contributed by atoms with Crippen molar-refractivity contribution >= 4 is 17.0 Å². The van der Waals surface area contributed by atoms with Crippen LogP contribution in [-0.4, -0.2) is 29.9 Å². The molecule has 11 heavy (non-hydrogen) atoms. The third-order valence-electron chi connectivity index (χ3n) is 1.09. The van der Waals surface area contributed by atoms with Gasteiger partial charge in [0, 0.05) is 0 Å². The molecule has 60 valence electrons. The Kier molecular flexibility index (Phi) is 6.70. The minimum Gasteiger partial charge on any atom is -0.770 e. The van der Waals surface area contributed by atoms with E-state index in [0.717, 1.165) is 0 Å². The van der Waals surface area contributed by atoms with Gasteiger partial charge in [0.2, 0.25) is 4.93 Å². The van der Waals surface area contributed by atoms with Gasteiger partial charge in [-0.3, -0.25) is 4.21 Å². The second-order valence-electron chi connectivity index (χ2n) is 1.68. The van der Waals surface area contributed by atoms with Crippen molar-refractivity contribution < 1.29 is 53.3 Å². The molecule has 0 bridgehead atoms. The van der Waals surface area contributed by atoms with E-state index in [-0.39, 0.29) is 36.0 Å². The number of carboxylic acid groups (broad SMARTS) is 1. The molecule has 0 aliphatic rings. The molecule has 2 atom stereocenters. The molecule has 5 nitrogen and oxygen atoms in total. The molecule has 0 aliphatic carbocycles. The van der Waals surface area contributed by atoms with Crippen LogP contribution in [0.1, 0.15) is 13.3 Å². The van der Waals surface area contributed by atoms with Crippen molar-refractivity contribution in [3.63, 3.8) is 0 Å². The molecule has 0 aromatic heterocycles. The second-order valence-corrected chi connectivity index (χ2v) is 2.82. The van der Waals surface area contributed by atoms with Gasteiger partial charge in [0.25, 0.3) is 0 Å². The Hall–Kier alpha value is 0.540. The van der Waals surface area contributed by atoms with Gasteiger partial charge >= 0.3 is 35.5 Å². The average molecular weight is 190 g/mol. The van der Waals surface area contributed by atoms with E-state index in [1.807, 2.05) is 0 Å². The summed E-state index contributed by atoms with van der Waals surface area (Å²) in [6.07, 6.45) is -0.363. The number of aliphatic hydroxyl groups is 1. The van der Waals surface area contributed by atoms with Crippen LogP contribution in [0.5, 0.6) is 0 Å². The van der Waals surface area contributed by atoms with Crippen molar-refractivity contribution in [1.29, 1.82) is 0 Å². The monoisotopic (exact) mass is 190 g/mol. The van der Waals surface area contributed by atoms with Gasteiger partial charge in [-0.15, -0.1) is 0 Å². The molecule has 0 fully saturated rings. The van der Waals surface area contributed by atoms with E-state index < -0.39 is 22.0 Å². The fourth-order valence-corrected chi connectivity index (χ4v) is 0.719. The van der Waals surface area contributed by atoms with Crippen molar-refractivity contribution in [2.45, 2.75) is 18.3 Å². The van der Waals surface area contributed by atoms with E-state index in [1.165, 1.54) is 6.92 Å². The predicted octanol–water partition coefficient (Wildman–Crippen LogP) is -3.95. The molecule has 0 heterocycles. The van der Waals surface area contributed by atoms with Crippen molar-refractivity contribution in [2.75, 3.05) is 0 Å². The molecular formula is C4H7NaO5S. The summed E-state index contributed by atoms with van der Waals surface area (Å²) >= 11 is -2.99. The first-order chi connectivity index (χ1) is 4.45. The zero-order valence-corrected chi connectivity index (χ0v) is 9.05. The smallest absolute Gasteiger partial charge is 0.770 e. The molecule has 0 aromatic carbocycles. The number of hydrogen-bond donors (Lipinski definition) is 2. The Morgan fingerprint density at radius 1 is 1.73 bits per heavy atom. The van der Waals surface area contributed by atoms with E-state index in [2.05, 4.69) is 0 Å². The number of aliphatic carboxylic acids is 1. The maximum Gasteiger partial charge on any atom is 1.00 e. The van der Waals surface area contributed by atoms with E-state index in [0.29, 0.717) is 0 Å². The number of rotatable bonds is 3. The molecule has 0 saturated heterocycles. The van der Waals surface area contributed by atoms with E-state index in [4.69, 9.17) is 10.2 Å². The van der Waals surface area contributed by atoms with Crippen LogP contribution in [0.2, 0.25) is 0 Å². The first-order valence-corrected chi connectivity index (χ1v) is 3.57. The number of hydrogen-bond acceptors (Lipinski definition) is 4. The van der Waals surface area contributed by atoms with Crippen LogP contribution in [0.4, 0.5) is 0 Å². The fraction of sp³-hybridized carbons (Fsp3) is 0.750. The molecule has 0 amide bonds. The van der Waals surface area contributed by atoms with Crippen LogP contribution in [0.3, 0.4) is 0 Å². The standard InChI is InChI=1S/C4H8O5S.Na/c1-2-4(7,3(5)6)10(8)9;/h7H,2H2,1H3,(H,5,6)(H,8,9);/q;+1/p-1. The third kappa shape index (κ3) is 3.18. The molecular weight excluding hydrogens is 183 g/mol. The van der Waals surface area contributed by atoms with Gasteiger partial charge in [0.1, 0.15) is 0 Å². The molecule has 0 spiro atoms. The minimum absolute atomic E-state index is 0. The maximum absolute atomic E-state index is 10.1. The zero-order chi connectivity index (χ0) is 8.36. The first kappa shape index (κ1) is 14.1. The minimum atomic E-state index is -2.99. The Labute approximate surface area is 88.4 Å². The molecule has 2 unspecified atom stereocenters. The Bertz CT molecular complexity index is 156. The van der Waals surface area contributed by atoms with Gasteiger partial charge in [-0.25, -0.2) is 4.79 Å². The molecule has 0 aromatic rings. The van der Waals surface area contributed by atoms with Crippen LogP contribution in [0.15, 0.2) is 0 Å². The SMILES string of the molecule is CCC(O)(C(=O)O)S(=O)[O-].[Na+]. The Balaban J connectivity index is 0. The van der Waals surface area contributed by atoms with Crippen LogP contribution in [0, 0.1) is 0 Å². The molecule has 0 rings (SSSR count). The van der Waals surface area contributed by atoms with Crippen molar-refractivity contribution in [2.24, 2.45) is 0 Å². The van der Waals surface area contributed by atoms with Crippen LogP contribution in [0.25, 0.3) is 0 Å². The summed E-state index contributed by atoms with van der Waals surface area (Å²) < 4.78 is 20.1. The van der Waals surface area contributed by atoms with Crippen LogP contribution in [-0.2, 0) is 15.9 Å². The number of carbonyl (C=O) groups is 1. The Morgan fingerprint density at radius 3 is 2.09 bits per heavy atom. The zero-order valence-electron chi connectivity index (χ0n) is 6.23. The summed E-state index contributed by atoms with van der Waals surface area (Å²) in [5.74, 6) is -1.75. The summed E-state index contributed by atoms with van der Waals surface area (Å²) in [6, 6.07) is 0.